The molecule has 0 saturated heterocycles. The van der Waals surface area contributed by atoms with Gasteiger partial charge in [-0.15, -0.1) is 5.10 Å². The molecule has 1 aliphatic rings. The third kappa shape index (κ3) is 3.89. The molecule has 0 spiro atoms. The van der Waals surface area contributed by atoms with E-state index in [9.17, 15) is 9.59 Å². The van der Waals surface area contributed by atoms with Crippen molar-refractivity contribution in [1.82, 2.24) is 29.9 Å². The number of amides is 1. The van der Waals surface area contributed by atoms with E-state index in [4.69, 9.17) is 0 Å². The zero-order valence-electron chi connectivity index (χ0n) is 15.0. The molecule has 0 bridgehead atoms. The van der Waals surface area contributed by atoms with Crippen LogP contribution in [-0.4, -0.2) is 37.0 Å². The maximum absolute atomic E-state index is 12.3. The summed E-state index contributed by atoms with van der Waals surface area (Å²) in [6.07, 6.45) is 6.24. The van der Waals surface area contributed by atoms with Crippen LogP contribution in [0.3, 0.4) is 0 Å². The molecule has 4 rings (SSSR count). The number of benzene rings is 1. The highest BCUT2D eigenvalue weighted by Crippen LogP contribution is 2.32. The fourth-order valence-electron chi connectivity index (χ4n) is 3.59. The normalized spacial score (nSPS) is 14.7. The Morgan fingerprint density at radius 2 is 2.04 bits per heavy atom. The second-order valence-corrected chi connectivity index (χ2v) is 6.91. The van der Waals surface area contributed by atoms with Gasteiger partial charge in [0.15, 0.2) is 0 Å². The van der Waals surface area contributed by atoms with E-state index in [-0.39, 0.29) is 18.0 Å². The van der Waals surface area contributed by atoms with Crippen molar-refractivity contribution in [2.45, 2.75) is 44.7 Å². The van der Waals surface area contributed by atoms with E-state index in [2.05, 4.69) is 20.6 Å². The van der Waals surface area contributed by atoms with Crippen LogP contribution < -0.4 is 10.9 Å². The number of para-hydroxylation sites is 1. The number of hydrogen-bond acceptors (Lipinski definition) is 5. The van der Waals surface area contributed by atoms with Gasteiger partial charge in [0.1, 0.15) is 12.1 Å². The van der Waals surface area contributed by atoms with E-state index in [1.807, 2.05) is 24.3 Å². The Bertz CT molecular complexity index is 1000. The molecule has 1 N–H and O–H groups in total. The lowest BCUT2D eigenvalue weighted by molar-refractivity contribution is -0.121. The van der Waals surface area contributed by atoms with E-state index in [1.165, 1.54) is 17.4 Å². The highest BCUT2D eigenvalue weighted by molar-refractivity contribution is 5.79. The average Bonchev–Trinajstić information content (AvgIpc) is 3.34. The molecule has 0 radical (unpaired) electrons. The van der Waals surface area contributed by atoms with Crippen molar-refractivity contribution in [2.24, 2.45) is 0 Å². The highest BCUT2D eigenvalue weighted by atomic mass is 16.2. The molecule has 2 heterocycles. The molecule has 0 atom stereocenters. The quantitative estimate of drug-likeness (QED) is 0.713. The summed E-state index contributed by atoms with van der Waals surface area (Å²) >= 11 is 0. The van der Waals surface area contributed by atoms with Gasteiger partial charge in [-0.3, -0.25) is 14.2 Å². The van der Waals surface area contributed by atoms with Gasteiger partial charge in [-0.2, -0.15) is 0 Å². The second kappa shape index (κ2) is 7.69. The molecule has 140 valence electrons. The molecule has 3 aromatic rings. The molecule has 8 heteroatoms. The van der Waals surface area contributed by atoms with Crippen molar-refractivity contribution in [1.29, 1.82) is 0 Å². The minimum atomic E-state index is -0.172. The predicted molar refractivity (Wildman–Crippen MR) is 100 cm³/mol. The molecular formula is C19H22N6O2. The standard InChI is InChI=1S/C19H22N6O2/c26-18(12-25-17-8-4-3-7-15(17)22-23-25)20-9-10-24-13-21-16(11-19(24)27)14-5-1-2-6-14/h3-4,7-8,11,13-14H,1-2,5-6,9-10,12H2,(H,20,26). The van der Waals surface area contributed by atoms with Crippen LogP contribution in [0, 0.1) is 0 Å². The van der Waals surface area contributed by atoms with Crippen molar-refractivity contribution < 1.29 is 4.79 Å². The van der Waals surface area contributed by atoms with Gasteiger partial charge >= 0.3 is 0 Å². The number of hydrogen-bond donors (Lipinski definition) is 1. The van der Waals surface area contributed by atoms with Gasteiger partial charge in [0.05, 0.1) is 17.5 Å². The minimum absolute atomic E-state index is 0.0663. The lowest BCUT2D eigenvalue weighted by atomic mass is 10.0. The number of carbonyl (C=O) groups is 1. The largest absolute Gasteiger partial charge is 0.353 e. The summed E-state index contributed by atoms with van der Waals surface area (Å²) in [6.45, 7) is 0.838. The van der Waals surface area contributed by atoms with Gasteiger partial charge in [0.25, 0.3) is 5.56 Å². The Labute approximate surface area is 156 Å². The number of nitrogens with zero attached hydrogens (tertiary/aromatic N) is 5. The fraction of sp³-hybridized carbons (Fsp3) is 0.421. The summed E-state index contributed by atoms with van der Waals surface area (Å²) in [4.78, 5) is 28.9. The summed E-state index contributed by atoms with van der Waals surface area (Å²) in [6, 6.07) is 9.13. The molecule has 1 fully saturated rings. The molecular weight excluding hydrogens is 344 g/mol. The maximum Gasteiger partial charge on any atom is 0.253 e. The van der Waals surface area contributed by atoms with Crippen LogP contribution in [0.25, 0.3) is 11.0 Å². The summed E-state index contributed by atoms with van der Waals surface area (Å²) in [5.41, 5.74) is 2.40. The smallest absolute Gasteiger partial charge is 0.253 e. The number of carbonyl (C=O) groups excluding carboxylic acids is 1. The van der Waals surface area contributed by atoms with Crippen molar-refractivity contribution in [3.8, 4) is 0 Å². The highest BCUT2D eigenvalue weighted by Gasteiger charge is 2.18. The average molecular weight is 366 g/mol. The summed E-state index contributed by atoms with van der Waals surface area (Å²) < 4.78 is 3.10. The van der Waals surface area contributed by atoms with Gasteiger partial charge in [0, 0.05) is 25.1 Å². The molecule has 1 aromatic carbocycles. The topological polar surface area (TPSA) is 94.7 Å². The Balaban J connectivity index is 1.31. The van der Waals surface area contributed by atoms with Gasteiger partial charge in [-0.25, -0.2) is 9.67 Å². The Morgan fingerprint density at radius 3 is 2.85 bits per heavy atom. The summed E-state index contributed by atoms with van der Waals surface area (Å²) in [7, 11) is 0. The number of rotatable bonds is 6. The summed E-state index contributed by atoms with van der Waals surface area (Å²) in [5.74, 6) is 0.249. The number of fused-ring (bicyclic) bond motifs is 1. The molecule has 8 nitrogen and oxygen atoms in total. The van der Waals surface area contributed by atoms with Crippen molar-refractivity contribution in [2.75, 3.05) is 6.54 Å². The monoisotopic (exact) mass is 366 g/mol. The van der Waals surface area contributed by atoms with Crippen LogP contribution in [0.1, 0.15) is 37.3 Å². The van der Waals surface area contributed by atoms with E-state index in [1.54, 1.807) is 17.1 Å². The second-order valence-electron chi connectivity index (χ2n) is 6.91. The molecule has 2 aromatic heterocycles. The van der Waals surface area contributed by atoms with Crippen molar-refractivity contribution in [3.05, 3.63) is 52.7 Å². The molecule has 1 amide bonds. The van der Waals surface area contributed by atoms with E-state index in [0.717, 1.165) is 29.6 Å². The molecule has 0 aliphatic heterocycles. The summed E-state index contributed by atoms with van der Waals surface area (Å²) in [5, 5.41) is 10.9. The minimum Gasteiger partial charge on any atom is -0.353 e. The first kappa shape index (κ1) is 17.4. The molecule has 1 saturated carbocycles. The van der Waals surface area contributed by atoms with Gasteiger partial charge in [-0.1, -0.05) is 30.2 Å². The third-order valence-corrected chi connectivity index (χ3v) is 5.06. The SMILES string of the molecule is O=C(Cn1nnc2ccccc21)NCCn1cnc(C2CCCC2)cc1=O. The Hall–Kier alpha value is -3.03. The van der Waals surface area contributed by atoms with Crippen LogP contribution in [-0.2, 0) is 17.9 Å². The van der Waals surface area contributed by atoms with Crippen LogP contribution in [0.15, 0.2) is 41.5 Å². The Morgan fingerprint density at radius 1 is 1.22 bits per heavy atom. The molecule has 1 aliphatic carbocycles. The zero-order chi connectivity index (χ0) is 18.6. The van der Waals surface area contributed by atoms with Gasteiger partial charge in [0.2, 0.25) is 5.91 Å². The van der Waals surface area contributed by atoms with Gasteiger partial charge in [-0.05, 0) is 25.0 Å². The van der Waals surface area contributed by atoms with E-state index < -0.39 is 0 Å². The Kier molecular flexibility index (Phi) is 4.95. The van der Waals surface area contributed by atoms with E-state index in [0.29, 0.717) is 19.0 Å². The van der Waals surface area contributed by atoms with Crippen LogP contribution in [0.2, 0.25) is 0 Å². The van der Waals surface area contributed by atoms with Crippen molar-refractivity contribution in [3.63, 3.8) is 0 Å². The van der Waals surface area contributed by atoms with Crippen LogP contribution >= 0.6 is 0 Å². The van der Waals surface area contributed by atoms with Crippen molar-refractivity contribution >= 4 is 16.9 Å². The number of nitrogens with one attached hydrogen (secondary N) is 1. The first-order valence-corrected chi connectivity index (χ1v) is 9.32. The zero-order valence-corrected chi connectivity index (χ0v) is 15.0. The first-order chi connectivity index (χ1) is 13.2. The lowest BCUT2D eigenvalue weighted by Crippen LogP contribution is -2.33. The molecule has 0 unspecified atom stereocenters. The lowest BCUT2D eigenvalue weighted by Gasteiger charge is -2.11. The maximum atomic E-state index is 12.3. The van der Waals surface area contributed by atoms with Crippen LogP contribution in [0.4, 0.5) is 0 Å². The molecule has 27 heavy (non-hydrogen) atoms. The number of aromatic nitrogens is 5. The van der Waals surface area contributed by atoms with Crippen LogP contribution in [0.5, 0.6) is 0 Å². The first-order valence-electron chi connectivity index (χ1n) is 9.32. The third-order valence-electron chi connectivity index (χ3n) is 5.06. The predicted octanol–water partition coefficient (Wildman–Crippen LogP) is 1.46. The van der Waals surface area contributed by atoms with E-state index >= 15 is 0 Å². The van der Waals surface area contributed by atoms with Gasteiger partial charge < -0.3 is 5.32 Å². The fourth-order valence-corrected chi connectivity index (χ4v) is 3.59.